The van der Waals surface area contributed by atoms with Crippen LogP contribution in [0.15, 0.2) is 22.5 Å². The van der Waals surface area contributed by atoms with E-state index < -0.39 is 0 Å². The number of hydrogen-bond donors (Lipinski definition) is 1. The van der Waals surface area contributed by atoms with Crippen LogP contribution in [0.2, 0.25) is 0 Å². The van der Waals surface area contributed by atoms with Crippen LogP contribution in [-0.4, -0.2) is 61.1 Å². The number of likely N-dealkylation sites (N-methyl/N-ethyl adjacent to an activating group) is 1. The molecule has 1 N–H and O–H groups in total. The largest absolute Gasteiger partial charge is 0.493 e. The third kappa shape index (κ3) is 6.87. The second kappa shape index (κ2) is 11.8. The lowest BCUT2D eigenvalue weighted by molar-refractivity contribution is -0.127. The van der Waals surface area contributed by atoms with Gasteiger partial charge < -0.3 is 19.7 Å². The molecular formula is C19H28N4O3S2. The fraction of sp³-hybridized carbons (Fsp3) is 0.526. The summed E-state index contributed by atoms with van der Waals surface area (Å²) >= 11 is 2.91. The van der Waals surface area contributed by atoms with Crippen molar-refractivity contribution in [3.05, 3.63) is 23.8 Å². The van der Waals surface area contributed by atoms with Gasteiger partial charge in [-0.1, -0.05) is 42.5 Å². The van der Waals surface area contributed by atoms with Crippen molar-refractivity contribution in [1.29, 1.82) is 0 Å². The maximum absolute atomic E-state index is 12.4. The third-order valence-electron chi connectivity index (χ3n) is 4.14. The Morgan fingerprint density at radius 1 is 1.25 bits per heavy atom. The number of carbonyl (C=O) groups is 1. The lowest BCUT2D eigenvalue weighted by atomic mass is 10.1. The SMILES string of the molecule is CCCCNc1nnc(SCC(=O)N(C)CCc2ccc(OC)c(OC)c2)s1. The molecule has 154 valence electrons. The van der Waals surface area contributed by atoms with Gasteiger partial charge in [0.25, 0.3) is 0 Å². The Bertz CT molecular complexity index is 755. The average Bonchev–Trinajstić information content (AvgIpc) is 3.17. The maximum Gasteiger partial charge on any atom is 0.232 e. The predicted molar refractivity (Wildman–Crippen MR) is 115 cm³/mol. The first-order valence-corrected chi connectivity index (χ1v) is 11.0. The fourth-order valence-corrected chi connectivity index (χ4v) is 4.12. The van der Waals surface area contributed by atoms with Crippen molar-refractivity contribution in [2.45, 2.75) is 30.5 Å². The van der Waals surface area contributed by atoms with E-state index in [0.29, 0.717) is 23.8 Å². The van der Waals surface area contributed by atoms with Gasteiger partial charge in [-0.3, -0.25) is 4.79 Å². The Balaban J connectivity index is 1.77. The smallest absolute Gasteiger partial charge is 0.232 e. The molecule has 0 unspecified atom stereocenters. The molecule has 0 saturated heterocycles. The molecule has 1 aromatic carbocycles. The van der Waals surface area contributed by atoms with Gasteiger partial charge in [-0.05, 0) is 30.5 Å². The lowest BCUT2D eigenvalue weighted by Crippen LogP contribution is -2.30. The van der Waals surface area contributed by atoms with Gasteiger partial charge >= 0.3 is 0 Å². The van der Waals surface area contributed by atoms with Crippen LogP contribution in [0.3, 0.4) is 0 Å². The van der Waals surface area contributed by atoms with E-state index in [2.05, 4.69) is 22.4 Å². The second-order valence-corrected chi connectivity index (χ2v) is 8.40. The highest BCUT2D eigenvalue weighted by atomic mass is 32.2. The average molecular weight is 425 g/mol. The van der Waals surface area contributed by atoms with Crippen molar-refractivity contribution in [3.8, 4) is 11.5 Å². The zero-order valence-electron chi connectivity index (χ0n) is 16.9. The van der Waals surface area contributed by atoms with Crippen molar-refractivity contribution >= 4 is 34.1 Å². The van der Waals surface area contributed by atoms with E-state index in [4.69, 9.17) is 9.47 Å². The molecule has 0 bridgehead atoms. The first kappa shape index (κ1) is 22.3. The molecule has 0 fully saturated rings. The Hall–Kier alpha value is -2.00. The molecule has 1 heterocycles. The van der Waals surface area contributed by atoms with Crippen LogP contribution in [0, 0.1) is 0 Å². The molecule has 0 spiro atoms. The number of unbranched alkanes of at least 4 members (excludes halogenated alkanes) is 1. The summed E-state index contributed by atoms with van der Waals surface area (Å²) in [6.07, 6.45) is 2.99. The van der Waals surface area contributed by atoms with E-state index in [-0.39, 0.29) is 5.91 Å². The number of hydrogen-bond acceptors (Lipinski definition) is 8. The van der Waals surface area contributed by atoms with Crippen LogP contribution in [0.1, 0.15) is 25.3 Å². The standard InChI is InChI=1S/C19H28N4O3S2/c1-5-6-10-20-18-21-22-19(28-18)27-13-17(24)23(2)11-9-14-7-8-15(25-3)16(12-14)26-4/h7-8,12H,5-6,9-11,13H2,1-4H3,(H,20,21). The minimum absolute atomic E-state index is 0.0705. The van der Waals surface area contributed by atoms with Gasteiger partial charge in [0.2, 0.25) is 11.0 Å². The van der Waals surface area contributed by atoms with Gasteiger partial charge in [0.15, 0.2) is 15.8 Å². The zero-order valence-corrected chi connectivity index (χ0v) is 18.5. The number of benzene rings is 1. The highest BCUT2D eigenvalue weighted by Crippen LogP contribution is 2.28. The van der Waals surface area contributed by atoms with E-state index in [1.807, 2.05) is 25.2 Å². The van der Waals surface area contributed by atoms with Crippen LogP contribution < -0.4 is 14.8 Å². The van der Waals surface area contributed by atoms with Crippen molar-refractivity contribution in [2.24, 2.45) is 0 Å². The summed E-state index contributed by atoms with van der Waals surface area (Å²) in [5.41, 5.74) is 1.09. The minimum atomic E-state index is 0.0705. The monoisotopic (exact) mass is 424 g/mol. The number of anilines is 1. The molecule has 2 rings (SSSR count). The quantitative estimate of drug-likeness (QED) is 0.412. The molecular weight excluding hydrogens is 396 g/mol. The zero-order chi connectivity index (χ0) is 20.4. The van der Waals surface area contributed by atoms with E-state index in [1.54, 1.807) is 19.1 Å². The molecule has 0 atom stereocenters. The third-order valence-corrected chi connectivity index (χ3v) is 6.14. The summed E-state index contributed by atoms with van der Waals surface area (Å²) in [5, 5.41) is 12.3. The number of methoxy groups -OCH3 is 2. The first-order valence-electron chi connectivity index (χ1n) is 9.22. The van der Waals surface area contributed by atoms with Crippen molar-refractivity contribution in [2.75, 3.05) is 45.4 Å². The topological polar surface area (TPSA) is 76.6 Å². The van der Waals surface area contributed by atoms with Crippen LogP contribution in [0.25, 0.3) is 0 Å². The van der Waals surface area contributed by atoms with E-state index in [0.717, 1.165) is 40.8 Å². The van der Waals surface area contributed by atoms with Crippen molar-refractivity contribution in [3.63, 3.8) is 0 Å². The van der Waals surface area contributed by atoms with Crippen LogP contribution in [0.5, 0.6) is 11.5 Å². The first-order chi connectivity index (χ1) is 13.6. The van der Waals surface area contributed by atoms with Crippen LogP contribution >= 0.6 is 23.1 Å². The molecule has 0 aliphatic rings. The summed E-state index contributed by atoms with van der Waals surface area (Å²) < 4.78 is 11.4. The van der Waals surface area contributed by atoms with Gasteiger partial charge in [0, 0.05) is 20.1 Å². The normalized spacial score (nSPS) is 10.6. The molecule has 0 saturated carbocycles. The number of nitrogens with one attached hydrogen (secondary N) is 1. The van der Waals surface area contributed by atoms with Gasteiger partial charge in [0.05, 0.1) is 20.0 Å². The number of nitrogens with zero attached hydrogens (tertiary/aromatic N) is 3. The van der Waals surface area contributed by atoms with E-state index >= 15 is 0 Å². The summed E-state index contributed by atoms with van der Waals surface area (Å²) in [6.45, 7) is 3.68. The molecule has 7 nitrogen and oxygen atoms in total. The molecule has 2 aromatic rings. The number of rotatable bonds is 12. The van der Waals surface area contributed by atoms with Crippen LogP contribution in [0.4, 0.5) is 5.13 Å². The Morgan fingerprint density at radius 3 is 2.75 bits per heavy atom. The van der Waals surface area contributed by atoms with Gasteiger partial charge in [-0.15, -0.1) is 10.2 Å². The summed E-state index contributed by atoms with van der Waals surface area (Å²) in [5.74, 6) is 1.82. The fourth-order valence-electron chi connectivity index (χ4n) is 2.40. The summed E-state index contributed by atoms with van der Waals surface area (Å²) in [7, 11) is 5.05. The number of aromatic nitrogens is 2. The van der Waals surface area contributed by atoms with E-state index in [1.165, 1.54) is 23.1 Å². The molecule has 9 heteroatoms. The molecule has 1 aromatic heterocycles. The predicted octanol–water partition coefficient (Wildman–Crippen LogP) is 3.56. The van der Waals surface area contributed by atoms with E-state index in [9.17, 15) is 4.79 Å². The Morgan fingerprint density at radius 2 is 2.04 bits per heavy atom. The maximum atomic E-state index is 12.4. The number of carbonyl (C=O) groups excluding carboxylic acids is 1. The van der Waals surface area contributed by atoms with Crippen molar-refractivity contribution in [1.82, 2.24) is 15.1 Å². The van der Waals surface area contributed by atoms with Crippen molar-refractivity contribution < 1.29 is 14.3 Å². The Kier molecular flexibility index (Phi) is 9.36. The van der Waals surface area contributed by atoms with Gasteiger partial charge in [-0.25, -0.2) is 0 Å². The molecule has 1 amide bonds. The molecule has 0 aliphatic carbocycles. The number of amides is 1. The lowest BCUT2D eigenvalue weighted by Gasteiger charge is -2.17. The summed E-state index contributed by atoms with van der Waals surface area (Å²) in [4.78, 5) is 14.1. The minimum Gasteiger partial charge on any atom is -0.493 e. The number of ether oxygens (including phenoxy) is 2. The van der Waals surface area contributed by atoms with Gasteiger partial charge in [0.1, 0.15) is 0 Å². The highest BCUT2D eigenvalue weighted by Gasteiger charge is 2.13. The Labute approximate surface area is 174 Å². The number of thioether (sulfide) groups is 1. The van der Waals surface area contributed by atoms with Crippen LogP contribution in [-0.2, 0) is 11.2 Å². The highest BCUT2D eigenvalue weighted by molar-refractivity contribution is 8.01. The second-order valence-electron chi connectivity index (χ2n) is 6.20. The molecule has 0 radical (unpaired) electrons. The molecule has 28 heavy (non-hydrogen) atoms. The summed E-state index contributed by atoms with van der Waals surface area (Å²) in [6, 6.07) is 5.82. The van der Waals surface area contributed by atoms with Gasteiger partial charge in [-0.2, -0.15) is 0 Å². The molecule has 0 aliphatic heterocycles.